The van der Waals surface area contributed by atoms with Crippen molar-refractivity contribution in [2.24, 2.45) is 5.10 Å². The molecule has 0 aliphatic carbocycles. The van der Waals surface area contributed by atoms with Gasteiger partial charge in [0.15, 0.2) is 11.5 Å². The van der Waals surface area contributed by atoms with Gasteiger partial charge in [-0.25, -0.2) is 5.01 Å². The largest absolute Gasteiger partial charge is 0.464 e. The lowest BCUT2D eigenvalue weighted by atomic mass is 9.96. The summed E-state index contributed by atoms with van der Waals surface area (Å²) in [6.45, 7) is 0.267. The molecular weight excluding hydrogens is 476 g/mol. The average molecular weight is 495 g/mol. The van der Waals surface area contributed by atoms with Crippen LogP contribution in [0.15, 0.2) is 75.1 Å². The van der Waals surface area contributed by atoms with Gasteiger partial charge in [-0.3, -0.25) is 0 Å². The van der Waals surface area contributed by atoms with Crippen molar-refractivity contribution in [3.8, 4) is 17.2 Å². The Labute approximate surface area is 193 Å². The fourth-order valence-corrected chi connectivity index (χ4v) is 5.08. The fraction of sp³-hybridized carbons (Fsp3) is 0.208. The highest BCUT2D eigenvalue weighted by molar-refractivity contribution is 9.10. The lowest BCUT2D eigenvalue weighted by Gasteiger charge is -2.38. The molecule has 0 unspecified atom stereocenters. The van der Waals surface area contributed by atoms with Crippen LogP contribution in [0.4, 0.5) is 0 Å². The van der Waals surface area contributed by atoms with Crippen LogP contribution >= 0.6 is 27.7 Å². The maximum atomic E-state index is 6.47. The second-order valence-corrected chi connectivity index (χ2v) is 9.44. The molecule has 0 saturated carbocycles. The summed E-state index contributed by atoms with van der Waals surface area (Å²) in [5.41, 5.74) is 4.30. The number of thioether (sulfide) groups is 1. The van der Waals surface area contributed by atoms with Gasteiger partial charge in [0, 0.05) is 32.5 Å². The monoisotopic (exact) mass is 494 g/mol. The minimum absolute atomic E-state index is 0.104. The molecule has 0 bridgehead atoms. The van der Waals surface area contributed by atoms with Crippen LogP contribution in [-0.4, -0.2) is 23.8 Å². The predicted octanol–water partition coefficient (Wildman–Crippen LogP) is 6.14. The van der Waals surface area contributed by atoms with E-state index < -0.39 is 0 Å². The van der Waals surface area contributed by atoms with Gasteiger partial charge >= 0.3 is 0 Å². The maximum Gasteiger partial charge on any atom is 0.231 e. The number of fused-ring (bicyclic) bond motifs is 4. The number of ether oxygens (including phenoxy) is 3. The van der Waals surface area contributed by atoms with Gasteiger partial charge in [0.2, 0.25) is 13.0 Å². The van der Waals surface area contributed by atoms with E-state index in [9.17, 15) is 0 Å². The van der Waals surface area contributed by atoms with Crippen LogP contribution in [0.5, 0.6) is 17.2 Å². The summed E-state index contributed by atoms with van der Waals surface area (Å²) in [7, 11) is 0. The molecule has 0 amide bonds. The van der Waals surface area contributed by atoms with Gasteiger partial charge in [-0.05, 0) is 54.8 Å². The first kappa shape index (κ1) is 19.1. The van der Waals surface area contributed by atoms with Crippen LogP contribution in [0.25, 0.3) is 0 Å². The Morgan fingerprint density at radius 2 is 1.77 bits per heavy atom. The van der Waals surface area contributed by atoms with E-state index in [1.807, 2.05) is 24.3 Å². The van der Waals surface area contributed by atoms with Crippen LogP contribution in [0.3, 0.4) is 0 Å². The summed E-state index contributed by atoms with van der Waals surface area (Å²) < 4.78 is 18.5. The summed E-state index contributed by atoms with van der Waals surface area (Å²) >= 11 is 5.34. The summed E-state index contributed by atoms with van der Waals surface area (Å²) in [5.74, 6) is 2.46. The Balaban J connectivity index is 1.42. The molecular formula is C24H19BrN2O3S. The minimum Gasteiger partial charge on any atom is -0.464 e. The zero-order chi connectivity index (χ0) is 20.9. The first-order valence-electron chi connectivity index (χ1n) is 10.1. The Hall–Kier alpha value is -2.64. The van der Waals surface area contributed by atoms with Crippen molar-refractivity contribution in [3.05, 3.63) is 81.8 Å². The fourth-order valence-electron chi connectivity index (χ4n) is 4.30. The maximum absolute atomic E-state index is 6.47. The van der Waals surface area contributed by atoms with Crippen LogP contribution in [0.2, 0.25) is 0 Å². The van der Waals surface area contributed by atoms with Crippen LogP contribution in [0, 0.1) is 0 Å². The average Bonchev–Trinajstić information content (AvgIpc) is 3.45. The van der Waals surface area contributed by atoms with E-state index in [4.69, 9.17) is 19.3 Å². The Kier molecular flexibility index (Phi) is 4.61. The lowest BCUT2D eigenvalue weighted by Crippen LogP contribution is -2.33. The molecule has 3 aliphatic rings. The molecule has 3 aromatic rings. The molecule has 3 aromatic carbocycles. The number of nitrogens with zero attached hydrogens (tertiary/aromatic N) is 2. The summed E-state index contributed by atoms with van der Waals surface area (Å²) in [4.78, 5) is 1.23. The van der Waals surface area contributed by atoms with E-state index in [0.717, 1.165) is 50.5 Å². The van der Waals surface area contributed by atoms with Crippen molar-refractivity contribution >= 4 is 33.4 Å². The molecule has 0 radical (unpaired) electrons. The Morgan fingerprint density at radius 3 is 2.61 bits per heavy atom. The van der Waals surface area contributed by atoms with Crippen molar-refractivity contribution < 1.29 is 14.2 Å². The number of hydrogen-bond donors (Lipinski definition) is 0. The van der Waals surface area contributed by atoms with E-state index in [1.165, 1.54) is 4.90 Å². The summed E-state index contributed by atoms with van der Waals surface area (Å²) in [6.07, 6.45) is 2.60. The van der Waals surface area contributed by atoms with E-state index in [-0.39, 0.29) is 19.1 Å². The quantitative estimate of drug-likeness (QED) is 0.409. The molecule has 3 heterocycles. The SMILES string of the molecule is CSc1ccc([C@@H]2Oc3ccc(Br)cc3[C@H]3CC(c4ccc5c(c4)OCO5)=NN32)cc1. The Bertz CT molecular complexity index is 1200. The molecule has 0 fully saturated rings. The molecule has 7 heteroatoms. The smallest absolute Gasteiger partial charge is 0.231 e. The molecule has 0 saturated heterocycles. The third kappa shape index (κ3) is 3.27. The number of rotatable bonds is 3. The topological polar surface area (TPSA) is 43.3 Å². The predicted molar refractivity (Wildman–Crippen MR) is 124 cm³/mol. The van der Waals surface area contributed by atoms with E-state index >= 15 is 0 Å². The molecule has 6 rings (SSSR count). The third-order valence-corrected chi connectivity index (χ3v) is 7.10. The number of hydrogen-bond acceptors (Lipinski definition) is 6. The van der Waals surface area contributed by atoms with Gasteiger partial charge in [0.05, 0.1) is 11.8 Å². The minimum atomic E-state index is -0.277. The Morgan fingerprint density at radius 1 is 0.968 bits per heavy atom. The lowest BCUT2D eigenvalue weighted by molar-refractivity contribution is -0.0191. The molecule has 31 heavy (non-hydrogen) atoms. The molecule has 156 valence electrons. The van der Waals surface area contributed by atoms with Crippen molar-refractivity contribution in [1.29, 1.82) is 0 Å². The van der Waals surface area contributed by atoms with Crippen LogP contribution in [-0.2, 0) is 0 Å². The van der Waals surface area contributed by atoms with E-state index in [0.29, 0.717) is 0 Å². The first-order chi connectivity index (χ1) is 15.2. The van der Waals surface area contributed by atoms with Crippen molar-refractivity contribution in [2.75, 3.05) is 13.0 Å². The molecule has 5 nitrogen and oxygen atoms in total. The number of hydrazone groups is 1. The first-order valence-corrected chi connectivity index (χ1v) is 12.1. The second kappa shape index (κ2) is 7.50. The number of halogens is 1. The zero-order valence-electron chi connectivity index (χ0n) is 16.7. The van der Waals surface area contributed by atoms with Gasteiger partial charge < -0.3 is 14.2 Å². The molecule has 0 aromatic heterocycles. The van der Waals surface area contributed by atoms with Gasteiger partial charge in [-0.1, -0.05) is 28.1 Å². The van der Waals surface area contributed by atoms with E-state index in [2.05, 4.69) is 63.6 Å². The van der Waals surface area contributed by atoms with Gasteiger partial charge in [-0.2, -0.15) is 5.10 Å². The van der Waals surface area contributed by atoms with Gasteiger partial charge in [0.25, 0.3) is 0 Å². The van der Waals surface area contributed by atoms with Crippen molar-refractivity contribution in [1.82, 2.24) is 5.01 Å². The zero-order valence-corrected chi connectivity index (χ0v) is 19.2. The van der Waals surface area contributed by atoms with Crippen molar-refractivity contribution in [3.63, 3.8) is 0 Å². The normalized spacial score (nSPS) is 20.7. The highest BCUT2D eigenvalue weighted by Gasteiger charge is 2.41. The van der Waals surface area contributed by atoms with Crippen LogP contribution in [0.1, 0.15) is 35.4 Å². The molecule has 2 atom stereocenters. The summed E-state index contributed by atoms with van der Waals surface area (Å²) in [6, 6.07) is 20.9. The van der Waals surface area contributed by atoms with Gasteiger partial charge in [0.1, 0.15) is 5.75 Å². The van der Waals surface area contributed by atoms with E-state index in [1.54, 1.807) is 11.8 Å². The highest BCUT2D eigenvalue weighted by Crippen LogP contribution is 2.48. The van der Waals surface area contributed by atoms with Crippen molar-refractivity contribution in [2.45, 2.75) is 23.6 Å². The highest BCUT2D eigenvalue weighted by atomic mass is 79.9. The summed E-state index contributed by atoms with van der Waals surface area (Å²) in [5, 5.41) is 7.14. The molecule has 0 N–H and O–H groups in total. The molecule has 3 aliphatic heterocycles. The third-order valence-electron chi connectivity index (χ3n) is 5.86. The molecule has 0 spiro atoms. The van der Waals surface area contributed by atoms with Gasteiger partial charge in [-0.15, -0.1) is 11.8 Å². The standard InChI is InChI=1S/C24H19BrN2O3S/c1-31-17-6-2-14(3-7-17)24-27-20(18-11-16(25)5-9-21(18)30-24)12-19(26-27)15-4-8-22-23(10-15)29-13-28-22/h2-11,20,24H,12-13H2,1H3/t20-,24+/m1/s1. The second-order valence-electron chi connectivity index (χ2n) is 7.64. The number of benzene rings is 3. The van der Waals surface area contributed by atoms with Crippen LogP contribution < -0.4 is 14.2 Å².